The van der Waals surface area contributed by atoms with Crippen LogP contribution in [0.1, 0.15) is 47.2 Å². The smallest absolute Gasteiger partial charge is 0.251 e. The number of amides is 2. The molecule has 0 saturated heterocycles. The zero-order valence-corrected chi connectivity index (χ0v) is 13.0. The summed E-state index contributed by atoms with van der Waals surface area (Å²) in [7, 11) is 0. The Balaban J connectivity index is 2.04. The predicted molar refractivity (Wildman–Crippen MR) is 83.5 cm³/mol. The van der Waals surface area contributed by atoms with Gasteiger partial charge in [0, 0.05) is 16.7 Å². The van der Waals surface area contributed by atoms with Crippen LogP contribution in [0.4, 0.5) is 0 Å². The standard InChI is InChI=1S/C17H20N2O3/c1-17(2,3)19-16(21)13-7-4-6-12(10-13)15(20)18-11-14-8-5-9-22-14/h4-10H,11H2,1-3H3,(H,18,20)(H,19,21). The monoisotopic (exact) mass is 300 g/mol. The molecule has 116 valence electrons. The number of hydrogen-bond acceptors (Lipinski definition) is 3. The van der Waals surface area contributed by atoms with Crippen molar-refractivity contribution in [3.05, 3.63) is 59.5 Å². The number of furan rings is 1. The molecule has 0 radical (unpaired) electrons. The number of benzene rings is 1. The van der Waals surface area contributed by atoms with E-state index in [1.807, 2.05) is 20.8 Å². The summed E-state index contributed by atoms with van der Waals surface area (Å²) in [5.41, 5.74) is 0.572. The molecule has 0 aliphatic carbocycles. The number of nitrogens with one attached hydrogen (secondary N) is 2. The molecule has 0 fully saturated rings. The first-order chi connectivity index (χ1) is 10.3. The summed E-state index contributed by atoms with van der Waals surface area (Å²) in [5, 5.41) is 5.62. The van der Waals surface area contributed by atoms with Crippen LogP contribution < -0.4 is 10.6 Å². The summed E-state index contributed by atoms with van der Waals surface area (Å²) >= 11 is 0. The van der Waals surface area contributed by atoms with Crippen molar-refractivity contribution in [2.45, 2.75) is 32.9 Å². The summed E-state index contributed by atoms with van der Waals surface area (Å²) in [6.07, 6.45) is 1.55. The van der Waals surface area contributed by atoms with Crippen LogP contribution in [0, 0.1) is 0 Å². The summed E-state index contributed by atoms with van der Waals surface area (Å²) in [6.45, 7) is 6.03. The van der Waals surface area contributed by atoms with Crippen LogP contribution in [0.25, 0.3) is 0 Å². The lowest BCUT2D eigenvalue weighted by Gasteiger charge is -2.20. The fourth-order valence-electron chi connectivity index (χ4n) is 1.90. The second kappa shape index (κ2) is 6.47. The highest BCUT2D eigenvalue weighted by molar-refractivity contribution is 5.99. The van der Waals surface area contributed by atoms with Gasteiger partial charge in [-0.2, -0.15) is 0 Å². The largest absolute Gasteiger partial charge is 0.467 e. The Morgan fingerprint density at radius 3 is 2.32 bits per heavy atom. The molecular formula is C17H20N2O3. The molecule has 0 bridgehead atoms. The van der Waals surface area contributed by atoms with Gasteiger partial charge in [0.25, 0.3) is 11.8 Å². The Kier molecular flexibility index (Phi) is 4.65. The van der Waals surface area contributed by atoms with Crippen molar-refractivity contribution in [3.8, 4) is 0 Å². The van der Waals surface area contributed by atoms with E-state index in [-0.39, 0.29) is 17.4 Å². The minimum atomic E-state index is -0.325. The van der Waals surface area contributed by atoms with Gasteiger partial charge >= 0.3 is 0 Å². The Labute approximate surface area is 129 Å². The number of carbonyl (C=O) groups is 2. The highest BCUT2D eigenvalue weighted by Gasteiger charge is 2.16. The van der Waals surface area contributed by atoms with Gasteiger partial charge in [-0.3, -0.25) is 9.59 Å². The van der Waals surface area contributed by atoms with E-state index in [0.717, 1.165) is 0 Å². The molecule has 2 amide bonds. The first kappa shape index (κ1) is 15.8. The van der Waals surface area contributed by atoms with Crippen molar-refractivity contribution in [1.82, 2.24) is 10.6 Å². The second-order valence-corrected chi connectivity index (χ2v) is 6.05. The number of rotatable bonds is 4. The van der Waals surface area contributed by atoms with E-state index in [4.69, 9.17) is 4.42 Å². The molecule has 1 aromatic heterocycles. The van der Waals surface area contributed by atoms with Gasteiger partial charge in [0.15, 0.2) is 0 Å². The van der Waals surface area contributed by atoms with Gasteiger partial charge in [0.1, 0.15) is 5.76 Å². The third-order valence-electron chi connectivity index (χ3n) is 2.88. The topological polar surface area (TPSA) is 71.3 Å². The molecular weight excluding hydrogens is 280 g/mol. The van der Waals surface area contributed by atoms with Crippen molar-refractivity contribution in [2.24, 2.45) is 0 Å². The maximum absolute atomic E-state index is 12.1. The van der Waals surface area contributed by atoms with Crippen LogP contribution in [0.2, 0.25) is 0 Å². The molecule has 5 heteroatoms. The summed E-state index contributed by atoms with van der Waals surface area (Å²) in [5.74, 6) is 0.227. The third kappa shape index (κ3) is 4.48. The zero-order chi connectivity index (χ0) is 16.2. The molecule has 0 atom stereocenters. The molecule has 0 aliphatic heterocycles. The number of hydrogen-bond donors (Lipinski definition) is 2. The van der Waals surface area contributed by atoms with Crippen molar-refractivity contribution in [3.63, 3.8) is 0 Å². The molecule has 2 rings (SSSR count). The van der Waals surface area contributed by atoms with Crippen LogP contribution in [0.5, 0.6) is 0 Å². The lowest BCUT2D eigenvalue weighted by molar-refractivity contribution is 0.0919. The van der Waals surface area contributed by atoms with Gasteiger partial charge in [-0.25, -0.2) is 0 Å². The average Bonchev–Trinajstić information content (AvgIpc) is 2.96. The second-order valence-electron chi connectivity index (χ2n) is 6.05. The molecule has 2 N–H and O–H groups in total. The SMILES string of the molecule is CC(C)(C)NC(=O)c1cccc(C(=O)NCc2ccco2)c1. The van der Waals surface area contributed by atoms with Crippen LogP contribution in [0.15, 0.2) is 47.1 Å². The Hall–Kier alpha value is -2.56. The van der Waals surface area contributed by atoms with E-state index in [9.17, 15) is 9.59 Å². The summed E-state index contributed by atoms with van der Waals surface area (Å²) in [4.78, 5) is 24.2. The van der Waals surface area contributed by atoms with Gasteiger partial charge in [-0.15, -0.1) is 0 Å². The summed E-state index contributed by atoms with van der Waals surface area (Å²) in [6, 6.07) is 10.2. The van der Waals surface area contributed by atoms with Crippen molar-refractivity contribution < 1.29 is 14.0 Å². The van der Waals surface area contributed by atoms with E-state index >= 15 is 0 Å². The maximum atomic E-state index is 12.1. The van der Waals surface area contributed by atoms with Crippen LogP contribution in [0.3, 0.4) is 0 Å². The summed E-state index contributed by atoms with van der Waals surface area (Å²) < 4.78 is 5.16. The van der Waals surface area contributed by atoms with Crippen LogP contribution in [-0.4, -0.2) is 17.4 Å². The Morgan fingerprint density at radius 2 is 1.73 bits per heavy atom. The minimum absolute atomic E-state index is 0.201. The maximum Gasteiger partial charge on any atom is 0.251 e. The molecule has 0 aliphatic rings. The van der Waals surface area contributed by atoms with Gasteiger partial charge in [0.2, 0.25) is 0 Å². The highest BCUT2D eigenvalue weighted by Crippen LogP contribution is 2.09. The average molecular weight is 300 g/mol. The normalized spacial score (nSPS) is 11.0. The zero-order valence-electron chi connectivity index (χ0n) is 13.0. The lowest BCUT2D eigenvalue weighted by atomic mass is 10.1. The molecule has 1 aromatic carbocycles. The lowest BCUT2D eigenvalue weighted by Crippen LogP contribution is -2.40. The molecule has 0 unspecified atom stereocenters. The molecule has 1 heterocycles. The Morgan fingerprint density at radius 1 is 1.05 bits per heavy atom. The van der Waals surface area contributed by atoms with Crippen molar-refractivity contribution in [2.75, 3.05) is 0 Å². The fraction of sp³-hybridized carbons (Fsp3) is 0.294. The molecule has 22 heavy (non-hydrogen) atoms. The van der Waals surface area contributed by atoms with Crippen LogP contribution in [-0.2, 0) is 6.54 Å². The van der Waals surface area contributed by atoms with Crippen molar-refractivity contribution in [1.29, 1.82) is 0 Å². The molecule has 5 nitrogen and oxygen atoms in total. The predicted octanol–water partition coefficient (Wildman–Crippen LogP) is 2.74. The van der Waals surface area contributed by atoms with Gasteiger partial charge < -0.3 is 15.1 Å². The molecule has 0 saturated carbocycles. The van der Waals surface area contributed by atoms with E-state index in [0.29, 0.717) is 23.4 Å². The first-order valence-corrected chi connectivity index (χ1v) is 7.08. The first-order valence-electron chi connectivity index (χ1n) is 7.08. The van der Waals surface area contributed by atoms with E-state index in [1.54, 1.807) is 42.7 Å². The van der Waals surface area contributed by atoms with Gasteiger partial charge in [0.05, 0.1) is 12.8 Å². The highest BCUT2D eigenvalue weighted by atomic mass is 16.3. The molecule has 2 aromatic rings. The Bertz CT molecular complexity index is 655. The van der Waals surface area contributed by atoms with E-state index in [1.165, 1.54) is 0 Å². The van der Waals surface area contributed by atoms with E-state index < -0.39 is 0 Å². The third-order valence-corrected chi connectivity index (χ3v) is 2.88. The van der Waals surface area contributed by atoms with Crippen molar-refractivity contribution >= 4 is 11.8 Å². The molecule has 0 spiro atoms. The van der Waals surface area contributed by atoms with Gasteiger partial charge in [-0.1, -0.05) is 6.07 Å². The van der Waals surface area contributed by atoms with Gasteiger partial charge in [-0.05, 0) is 51.1 Å². The quantitative estimate of drug-likeness (QED) is 0.912. The van der Waals surface area contributed by atoms with E-state index in [2.05, 4.69) is 10.6 Å². The number of carbonyl (C=O) groups excluding carboxylic acids is 2. The minimum Gasteiger partial charge on any atom is -0.467 e. The fourth-order valence-corrected chi connectivity index (χ4v) is 1.90. The van der Waals surface area contributed by atoms with Crippen LogP contribution >= 0.6 is 0 Å².